The van der Waals surface area contributed by atoms with Gasteiger partial charge >= 0.3 is 0 Å². The molecular formula is C68H69N9O5Si. The van der Waals surface area contributed by atoms with Crippen LogP contribution in [0, 0.1) is 26.7 Å². The summed E-state index contributed by atoms with van der Waals surface area (Å²) < 4.78 is 5.56. The predicted octanol–water partition coefficient (Wildman–Crippen LogP) is 18.6. The summed E-state index contributed by atoms with van der Waals surface area (Å²) in [5.41, 5.74) is 41.7. The third-order valence-corrected chi connectivity index (χ3v) is 17.7. The van der Waals surface area contributed by atoms with Crippen LogP contribution in [0.3, 0.4) is 0 Å². The van der Waals surface area contributed by atoms with Gasteiger partial charge in [-0.15, -0.1) is 0 Å². The first-order chi connectivity index (χ1) is 39.9. The maximum absolute atomic E-state index is 13.3. The molecule has 0 saturated heterocycles. The van der Waals surface area contributed by atoms with Gasteiger partial charge < -0.3 is 9.84 Å². The average Bonchev–Trinajstić information content (AvgIpc) is 3.61. The van der Waals surface area contributed by atoms with Gasteiger partial charge in [0.1, 0.15) is 0 Å². The monoisotopic (exact) mass is 1120 g/mol. The van der Waals surface area contributed by atoms with Crippen LogP contribution in [0.5, 0.6) is 0 Å². The summed E-state index contributed by atoms with van der Waals surface area (Å²) in [6.07, 6.45) is 15.7. The van der Waals surface area contributed by atoms with Gasteiger partial charge in [-0.2, -0.15) is 0 Å². The minimum Gasteiger partial charge on any atom is -0.396 e. The lowest BCUT2D eigenvalue weighted by atomic mass is 9.80. The summed E-state index contributed by atoms with van der Waals surface area (Å²) in [4.78, 5) is 47.5. The van der Waals surface area contributed by atoms with E-state index in [0.29, 0.717) is 53.9 Å². The standard InChI is InChI=1S/C24H27N3OSi.2C22H21N3O2/c1-17-5-7-18(8-6-17)13-20-15-23(29(2,3)4)16-21(24(20)28)14-19-9-11-22(12-10-19)26-27-25;1-15-3-5-16(6-4-15)11-18-13-21(27-2)14-19(22(18)26)12-17-7-9-20(10-8-17)24-25-23;1-15-2-4-16(5-3-15)10-19-12-18(14-26)13-20(22(19)27)11-17-6-8-21(9-7-17)24-25-23/h5-14,23H,15-16H2,1-4H3;3-12,21H,13-14H2,1-2H3;2-11,18,26H,12-14H2,1H3/b20-13+,21-14+;18-11+,19-12+;19-10+,20-11+. The molecule has 0 radical (unpaired) electrons. The number of allylic oxidation sites excluding steroid dienone is 4. The van der Waals surface area contributed by atoms with Crippen LogP contribution in [0.25, 0.3) is 67.8 Å². The van der Waals surface area contributed by atoms with Crippen molar-refractivity contribution >= 4 is 78.9 Å². The zero-order valence-electron chi connectivity index (χ0n) is 48.1. The number of nitrogens with zero attached hydrogens (tertiary/aromatic N) is 9. The zero-order chi connectivity index (χ0) is 59.5. The number of hydrogen-bond donors (Lipinski definition) is 1. The molecular weight excluding hydrogens is 1050 g/mol. The second-order valence-electron chi connectivity index (χ2n) is 22.3. The molecule has 3 aliphatic carbocycles. The zero-order valence-corrected chi connectivity index (χ0v) is 49.1. The molecule has 3 unspecified atom stereocenters. The first kappa shape index (κ1) is 61.5. The molecule has 6 aromatic rings. The third-order valence-electron chi connectivity index (χ3n) is 14.8. The van der Waals surface area contributed by atoms with Crippen LogP contribution >= 0.6 is 0 Å². The van der Waals surface area contributed by atoms with Crippen molar-refractivity contribution < 1.29 is 24.2 Å². The normalized spacial score (nSPS) is 20.0. The molecule has 6 aromatic carbocycles. The third kappa shape index (κ3) is 18.2. The summed E-state index contributed by atoms with van der Waals surface area (Å²) in [5, 5.41) is 20.4. The summed E-state index contributed by atoms with van der Waals surface area (Å²) in [6, 6.07) is 46.0. The molecule has 83 heavy (non-hydrogen) atoms. The lowest BCUT2D eigenvalue weighted by molar-refractivity contribution is -0.114. The van der Waals surface area contributed by atoms with Crippen molar-refractivity contribution in [1.82, 2.24) is 0 Å². The van der Waals surface area contributed by atoms with E-state index in [0.717, 1.165) is 74.1 Å². The summed E-state index contributed by atoms with van der Waals surface area (Å²) in [5.74, 6) is 0.273. The Morgan fingerprint density at radius 2 is 0.675 bits per heavy atom. The molecule has 0 heterocycles. The Morgan fingerprint density at radius 3 is 0.904 bits per heavy atom. The predicted molar refractivity (Wildman–Crippen MR) is 338 cm³/mol. The molecule has 0 amide bonds. The molecule has 9 rings (SSSR count). The number of carbonyl (C=O) groups excluding carboxylic acids is 3. The van der Waals surface area contributed by atoms with Crippen LogP contribution in [0.15, 0.2) is 194 Å². The average molecular weight is 1120 g/mol. The van der Waals surface area contributed by atoms with E-state index in [-0.39, 0.29) is 36.0 Å². The van der Waals surface area contributed by atoms with Gasteiger partial charge in [0.2, 0.25) is 0 Å². The van der Waals surface area contributed by atoms with Crippen LogP contribution in [0.4, 0.5) is 17.1 Å². The lowest BCUT2D eigenvalue weighted by Crippen LogP contribution is -2.33. The van der Waals surface area contributed by atoms with Crippen LogP contribution in [-0.4, -0.2) is 50.4 Å². The highest BCUT2D eigenvalue weighted by Gasteiger charge is 2.36. The number of azide groups is 3. The minimum absolute atomic E-state index is 0.0203. The molecule has 0 spiro atoms. The molecule has 0 aromatic heterocycles. The second-order valence-corrected chi connectivity index (χ2v) is 27.8. The SMILES string of the molecule is COC1C/C(=C\c2ccc(C)cc2)C(=O)/C(=C/c2ccc(N=[N+]=[N-])cc2)C1.Cc1ccc(/C=C2\CC(CO)C/C(=C\c3ccc(N=[N+]=[N-])cc3)C2=O)cc1.Cc1ccc(/C=C2\CC([Si](C)(C)C)C/C(=C\c3ccc(N=[N+]=[N-])cc3)C2=O)cc1. The number of carbonyl (C=O) groups is 3. The molecule has 3 atom stereocenters. The fraction of sp³-hybridized carbons (Fsp3) is 0.250. The number of methoxy groups -OCH3 is 1. The Kier molecular flexibility index (Phi) is 21.9. The fourth-order valence-corrected chi connectivity index (χ4v) is 11.6. The number of hydrogen-bond acceptors (Lipinski definition) is 8. The number of aliphatic hydroxyl groups excluding tert-OH is 1. The molecule has 15 heteroatoms. The van der Waals surface area contributed by atoms with Gasteiger partial charge in [-0.3, -0.25) is 14.4 Å². The van der Waals surface area contributed by atoms with Gasteiger partial charge in [-0.25, -0.2) is 0 Å². The van der Waals surface area contributed by atoms with Crippen LogP contribution in [-0.2, 0) is 19.1 Å². The second kappa shape index (κ2) is 29.5. The number of Topliss-reactive ketones (excluding diaryl/α,β-unsaturated/α-hetero) is 3. The van der Waals surface area contributed by atoms with Crippen molar-refractivity contribution in [2.45, 2.75) is 90.6 Å². The van der Waals surface area contributed by atoms with E-state index in [1.165, 1.54) is 16.7 Å². The Morgan fingerprint density at radius 1 is 0.434 bits per heavy atom. The van der Waals surface area contributed by atoms with Gasteiger partial charge in [0.25, 0.3) is 0 Å². The van der Waals surface area contributed by atoms with Gasteiger partial charge in [0.15, 0.2) is 17.3 Å². The number of aliphatic hydroxyl groups is 1. The number of aryl methyl sites for hydroxylation is 3. The van der Waals surface area contributed by atoms with Gasteiger partial charge in [-0.05, 0) is 144 Å². The van der Waals surface area contributed by atoms with E-state index in [9.17, 15) is 19.5 Å². The summed E-state index contributed by atoms with van der Waals surface area (Å²) in [6.45, 7) is 13.3. The van der Waals surface area contributed by atoms with Gasteiger partial charge in [0, 0.05) is 99.9 Å². The highest BCUT2D eigenvalue weighted by atomic mass is 28.3. The number of ether oxygens (including phenoxy) is 1. The van der Waals surface area contributed by atoms with Crippen molar-refractivity contribution in [3.8, 4) is 0 Å². The number of rotatable bonds is 12. The topological polar surface area (TPSA) is 227 Å². The Bertz CT molecular complexity index is 3490. The Labute approximate surface area is 486 Å². The van der Waals surface area contributed by atoms with Crippen molar-refractivity contribution in [2.24, 2.45) is 21.3 Å². The number of benzene rings is 6. The Balaban J connectivity index is 0.000000179. The molecule has 0 aliphatic heterocycles. The maximum atomic E-state index is 13.3. The minimum atomic E-state index is -1.42. The first-order valence-electron chi connectivity index (χ1n) is 27.6. The van der Waals surface area contributed by atoms with Crippen molar-refractivity contribution in [2.75, 3.05) is 13.7 Å². The molecule has 0 bridgehead atoms. The lowest BCUT2D eigenvalue weighted by Gasteiger charge is -2.34. The highest BCUT2D eigenvalue weighted by Crippen LogP contribution is 2.42. The van der Waals surface area contributed by atoms with Crippen molar-refractivity contribution in [3.05, 3.63) is 260 Å². The van der Waals surface area contributed by atoms with Crippen LogP contribution < -0.4 is 0 Å². The van der Waals surface area contributed by atoms with E-state index in [4.69, 9.17) is 21.3 Å². The van der Waals surface area contributed by atoms with E-state index in [1.807, 2.05) is 129 Å². The van der Waals surface area contributed by atoms with E-state index in [2.05, 4.69) is 87.0 Å². The van der Waals surface area contributed by atoms with Crippen LogP contribution in [0.2, 0.25) is 25.2 Å². The fourth-order valence-electron chi connectivity index (χ4n) is 9.95. The van der Waals surface area contributed by atoms with E-state index in [1.54, 1.807) is 43.5 Å². The first-order valence-corrected chi connectivity index (χ1v) is 31.2. The molecule has 14 nitrogen and oxygen atoms in total. The molecule has 3 fully saturated rings. The molecule has 420 valence electrons. The highest BCUT2D eigenvalue weighted by molar-refractivity contribution is 6.77. The Hall–Kier alpha value is -9.16. The molecule has 3 aliphatic rings. The smallest absolute Gasteiger partial charge is 0.185 e. The largest absolute Gasteiger partial charge is 0.396 e. The maximum Gasteiger partial charge on any atom is 0.185 e. The van der Waals surface area contributed by atoms with E-state index >= 15 is 0 Å². The van der Waals surface area contributed by atoms with Crippen molar-refractivity contribution in [3.63, 3.8) is 0 Å². The van der Waals surface area contributed by atoms with Gasteiger partial charge in [-0.1, -0.05) is 197 Å². The van der Waals surface area contributed by atoms with Crippen LogP contribution in [0.1, 0.15) is 88.6 Å². The number of ketones is 3. The van der Waals surface area contributed by atoms with Crippen molar-refractivity contribution in [1.29, 1.82) is 0 Å². The summed E-state index contributed by atoms with van der Waals surface area (Å²) >= 11 is 0. The van der Waals surface area contributed by atoms with E-state index < -0.39 is 8.07 Å². The molecule has 3 saturated carbocycles. The quantitative estimate of drug-likeness (QED) is 0.0413. The molecule has 1 N–H and O–H groups in total. The van der Waals surface area contributed by atoms with Gasteiger partial charge in [0.05, 0.1) is 6.10 Å². The summed E-state index contributed by atoms with van der Waals surface area (Å²) in [7, 11) is 0.255.